The number of nitrogens with zero attached hydrogens (tertiary/aromatic N) is 2. The van der Waals surface area contributed by atoms with Gasteiger partial charge >= 0.3 is 0 Å². The number of fused-ring (bicyclic) bond motifs is 1. The lowest BCUT2D eigenvalue weighted by Gasteiger charge is -2.27. The first-order chi connectivity index (χ1) is 15.8. The van der Waals surface area contributed by atoms with Crippen LogP contribution < -0.4 is 4.90 Å². The summed E-state index contributed by atoms with van der Waals surface area (Å²) in [7, 11) is -3.92. The highest BCUT2D eigenvalue weighted by Crippen LogP contribution is 2.33. The predicted octanol–water partition coefficient (Wildman–Crippen LogP) is 5.17. The summed E-state index contributed by atoms with van der Waals surface area (Å²) in [5.74, 6) is -0.247. The van der Waals surface area contributed by atoms with Crippen molar-refractivity contribution < 1.29 is 17.8 Å². The monoisotopic (exact) mass is 504 g/mol. The van der Waals surface area contributed by atoms with Gasteiger partial charge in [-0.15, -0.1) is 0 Å². The fourth-order valence-corrected chi connectivity index (χ4v) is 5.37. The molecule has 3 rings (SSSR count). The van der Waals surface area contributed by atoms with E-state index in [0.29, 0.717) is 35.2 Å². The average Bonchev–Trinajstić information content (AvgIpc) is 3.05. The van der Waals surface area contributed by atoms with Gasteiger partial charge in [-0.3, -0.25) is 14.2 Å². The molecule has 1 saturated heterocycles. The first kappa shape index (κ1) is 25.4. The third-order valence-electron chi connectivity index (χ3n) is 5.25. The van der Waals surface area contributed by atoms with Gasteiger partial charge in [0.05, 0.1) is 10.7 Å². The largest absolute Gasteiger partial charge is 0.347 e. The van der Waals surface area contributed by atoms with Crippen LogP contribution in [0.4, 0.5) is 5.69 Å². The number of allylic oxidation sites excluding steroid dienone is 6. The molecule has 176 valence electrons. The number of rotatable bonds is 10. The second kappa shape index (κ2) is 11.8. The van der Waals surface area contributed by atoms with E-state index < -0.39 is 10.1 Å². The molecule has 1 aromatic rings. The Balaban J connectivity index is 1.66. The molecule has 0 aromatic heterocycles. The maximum Gasteiger partial charge on any atom is 0.266 e. The number of hydrogen-bond acceptors (Lipinski definition) is 6. The third kappa shape index (κ3) is 7.14. The number of carbonyl (C=O) groups excluding carboxylic acids is 1. The molecular weight excluding hydrogens is 476 g/mol. The normalized spacial score (nSPS) is 18.8. The number of unbranched alkanes of at least 4 members (excludes halogenated alkanes) is 2. The zero-order chi connectivity index (χ0) is 23.8. The number of benzene rings is 1. The number of thioether (sulfide) groups is 1. The lowest BCUT2D eigenvalue weighted by atomic mass is 9.99. The van der Waals surface area contributed by atoms with Crippen molar-refractivity contribution in [1.82, 2.24) is 4.90 Å². The van der Waals surface area contributed by atoms with Crippen molar-refractivity contribution in [2.75, 3.05) is 23.7 Å². The molecule has 1 fully saturated rings. The maximum absolute atomic E-state index is 12.5. The maximum atomic E-state index is 12.5. The minimum Gasteiger partial charge on any atom is -0.347 e. The fourth-order valence-electron chi connectivity index (χ4n) is 3.54. The molecular formula is C24H28N2O4S3. The summed E-state index contributed by atoms with van der Waals surface area (Å²) in [5, 5.41) is 0. The Morgan fingerprint density at radius 3 is 2.61 bits per heavy atom. The zero-order valence-electron chi connectivity index (χ0n) is 18.5. The Kier molecular flexibility index (Phi) is 9.08. The summed E-state index contributed by atoms with van der Waals surface area (Å²) in [5.41, 5.74) is 3.16. The van der Waals surface area contributed by atoms with Crippen LogP contribution in [-0.2, 0) is 14.9 Å². The van der Waals surface area contributed by atoms with Crippen LogP contribution in [0.15, 0.2) is 65.8 Å². The van der Waals surface area contributed by atoms with E-state index in [1.807, 2.05) is 60.8 Å². The van der Waals surface area contributed by atoms with Crippen molar-refractivity contribution in [1.29, 1.82) is 0 Å². The Morgan fingerprint density at radius 2 is 1.85 bits per heavy atom. The van der Waals surface area contributed by atoms with Crippen molar-refractivity contribution in [2.45, 2.75) is 32.6 Å². The summed E-state index contributed by atoms with van der Waals surface area (Å²) in [6, 6.07) is 8.02. The number of hydrogen-bond donors (Lipinski definition) is 1. The minimum atomic E-state index is -3.92. The molecule has 6 nitrogen and oxygen atoms in total. The van der Waals surface area contributed by atoms with Gasteiger partial charge in [0, 0.05) is 30.5 Å². The SMILES string of the molecule is CCCCN1C(=O)\C(=C/C=C/C=C2\C=CN(CCCCS(=O)(=O)O)c3ccccc32)SC1=S. The molecule has 1 N–H and O–H groups in total. The van der Waals surface area contributed by atoms with Crippen molar-refractivity contribution in [2.24, 2.45) is 0 Å². The molecule has 0 atom stereocenters. The van der Waals surface area contributed by atoms with Crippen LogP contribution in [0, 0.1) is 0 Å². The summed E-state index contributed by atoms with van der Waals surface area (Å²) < 4.78 is 31.3. The molecule has 2 aliphatic heterocycles. The Labute approximate surface area is 205 Å². The van der Waals surface area contributed by atoms with E-state index in [0.717, 1.165) is 29.7 Å². The summed E-state index contributed by atoms with van der Waals surface area (Å²) in [6.07, 6.45) is 14.6. The number of para-hydroxylation sites is 1. The molecule has 33 heavy (non-hydrogen) atoms. The van der Waals surface area contributed by atoms with Gasteiger partial charge < -0.3 is 4.90 Å². The fraction of sp³-hybridized carbons (Fsp3) is 0.333. The minimum absolute atomic E-state index is 0.0247. The van der Waals surface area contributed by atoms with Gasteiger partial charge in [-0.25, -0.2) is 0 Å². The molecule has 0 radical (unpaired) electrons. The van der Waals surface area contributed by atoms with Crippen LogP contribution >= 0.6 is 24.0 Å². The van der Waals surface area contributed by atoms with Crippen molar-refractivity contribution in [3.8, 4) is 0 Å². The summed E-state index contributed by atoms with van der Waals surface area (Å²) in [4.78, 5) is 16.9. The van der Waals surface area contributed by atoms with Crippen molar-refractivity contribution >= 4 is 55.6 Å². The molecule has 1 amide bonds. The quantitative estimate of drug-likeness (QED) is 0.204. The van der Waals surface area contributed by atoms with E-state index in [1.165, 1.54) is 11.8 Å². The molecule has 0 saturated carbocycles. The van der Waals surface area contributed by atoms with Gasteiger partial charge in [-0.1, -0.05) is 73.8 Å². The second-order valence-electron chi connectivity index (χ2n) is 7.74. The van der Waals surface area contributed by atoms with Gasteiger partial charge in [0.2, 0.25) is 0 Å². The Morgan fingerprint density at radius 1 is 1.09 bits per heavy atom. The lowest BCUT2D eigenvalue weighted by molar-refractivity contribution is -0.122. The van der Waals surface area contributed by atoms with E-state index >= 15 is 0 Å². The molecule has 2 heterocycles. The van der Waals surface area contributed by atoms with Crippen LogP contribution in [0.1, 0.15) is 38.2 Å². The number of carbonyl (C=O) groups is 1. The first-order valence-electron chi connectivity index (χ1n) is 10.9. The van der Waals surface area contributed by atoms with E-state index in [4.69, 9.17) is 16.8 Å². The zero-order valence-corrected chi connectivity index (χ0v) is 21.0. The smallest absolute Gasteiger partial charge is 0.266 e. The van der Waals surface area contributed by atoms with Crippen LogP contribution in [0.25, 0.3) is 5.57 Å². The highest BCUT2D eigenvalue weighted by Gasteiger charge is 2.30. The standard InChI is InChI=1S/C24H28N2O4S3/c1-2-3-16-26-23(27)22(32-24(26)31)13-7-4-10-19-14-17-25(15-8-9-18-33(28,29)30)21-12-6-5-11-20(19)21/h4-7,10-14,17H,2-3,8-9,15-16,18H2,1H3,(H,28,29,30)/b7-4+,19-10+,22-13+. The third-order valence-corrected chi connectivity index (χ3v) is 7.45. The molecule has 2 aliphatic rings. The Hall–Kier alpha value is -2.20. The van der Waals surface area contributed by atoms with Gasteiger partial charge in [0.15, 0.2) is 0 Å². The van der Waals surface area contributed by atoms with Gasteiger partial charge in [-0.05, 0) is 43.1 Å². The number of anilines is 1. The van der Waals surface area contributed by atoms with Crippen LogP contribution in [-0.4, -0.2) is 46.9 Å². The molecule has 0 aliphatic carbocycles. The molecule has 9 heteroatoms. The number of thiocarbonyl (C=S) groups is 1. The predicted molar refractivity (Wildman–Crippen MR) is 141 cm³/mol. The molecule has 0 unspecified atom stereocenters. The highest BCUT2D eigenvalue weighted by molar-refractivity contribution is 8.26. The van der Waals surface area contributed by atoms with Crippen LogP contribution in [0.5, 0.6) is 0 Å². The van der Waals surface area contributed by atoms with Crippen LogP contribution in [0.2, 0.25) is 0 Å². The first-order valence-corrected chi connectivity index (χ1v) is 13.8. The van der Waals surface area contributed by atoms with Crippen molar-refractivity contribution in [3.05, 3.63) is 71.3 Å². The lowest BCUT2D eigenvalue weighted by Crippen LogP contribution is -2.28. The molecule has 0 spiro atoms. The average molecular weight is 505 g/mol. The summed E-state index contributed by atoms with van der Waals surface area (Å²) in [6.45, 7) is 3.41. The van der Waals surface area contributed by atoms with Crippen molar-refractivity contribution in [3.63, 3.8) is 0 Å². The molecule has 0 bridgehead atoms. The van der Waals surface area contributed by atoms with E-state index in [1.54, 1.807) is 4.90 Å². The van der Waals surface area contributed by atoms with Crippen LogP contribution in [0.3, 0.4) is 0 Å². The van der Waals surface area contributed by atoms with Gasteiger partial charge in [-0.2, -0.15) is 8.42 Å². The number of amides is 1. The topological polar surface area (TPSA) is 77.9 Å². The van der Waals surface area contributed by atoms with E-state index in [-0.39, 0.29) is 11.7 Å². The Bertz CT molecular complexity index is 1120. The van der Waals surface area contributed by atoms with Gasteiger partial charge in [0.25, 0.3) is 16.0 Å². The van der Waals surface area contributed by atoms with E-state index in [9.17, 15) is 13.2 Å². The summed E-state index contributed by atoms with van der Waals surface area (Å²) >= 11 is 6.68. The van der Waals surface area contributed by atoms with E-state index in [2.05, 4.69) is 11.8 Å². The highest BCUT2D eigenvalue weighted by atomic mass is 32.2. The second-order valence-corrected chi connectivity index (χ2v) is 11.0. The van der Waals surface area contributed by atoms with Gasteiger partial charge in [0.1, 0.15) is 4.32 Å². The molecule has 1 aromatic carbocycles.